The lowest BCUT2D eigenvalue weighted by molar-refractivity contribution is 0.102. The molecule has 0 atom stereocenters. The van der Waals surface area contributed by atoms with Crippen molar-refractivity contribution in [1.82, 2.24) is 9.97 Å². The number of carbonyl (C=O) groups is 1. The van der Waals surface area contributed by atoms with Crippen LogP contribution in [0.25, 0.3) is 0 Å². The molecule has 0 aliphatic rings. The highest BCUT2D eigenvalue weighted by Gasteiger charge is 2.10. The van der Waals surface area contributed by atoms with Gasteiger partial charge in [-0.25, -0.2) is 4.98 Å². The van der Waals surface area contributed by atoms with E-state index >= 15 is 0 Å². The first kappa shape index (κ1) is 17.2. The molecule has 1 N–H and O–H groups in total. The number of amides is 1. The van der Waals surface area contributed by atoms with Gasteiger partial charge in [-0.3, -0.25) is 15.1 Å². The number of hydrogen-bond donors (Lipinski definition) is 1. The van der Waals surface area contributed by atoms with Crippen molar-refractivity contribution in [3.05, 3.63) is 70.1 Å². The number of thioether (sulfide) groups is 1. The molecular weight excluding hydrogens is 385 g/mol. The van der Waals surface area contributed by atoms with Crippen LogP contribution in [0.15, 0.2) is 53.0 Å². The Morgan fingerprint density at radius 1 is 1.21 bits per heavy atom. The fraction of sp³-hybridized carbons (Fsp3) is 0.0625. The van der Waals surface area contributed by atoms with Crippen molar-refractivity contribution in [2.45, 2.75) is 9.96 Å². The minimum absolute atomic E-state index is 0.276. The van der Waals surface area contributed by atoms with Crippen LogP contribution in [0.3, 0.4) is 0 Å². The Labute approximate surface area is 157 Å². The lowest BCUT2D eigenvalue weighted by Crippen LogP contribution is -2.12. The minimum Gasteiger partial charge on any atom is -0.296 e. The highest BCUT2D eigenvalue weighted by molar-refractivity contribution is 8.00. The number of pyridine rings is 1. The fourth-order valence-corrected chi connectivity index (χ4v) is 4.26. The largest absolute Gasteiger partial charge is 0.296 e. The first-order chi connectivity index (χ1) is 11.6. The van der Waals surface area contributed by atoms with Crippen molar-refractivity contribution in [3.63, 3.8) is 0 Å². The van der Waals surface area contributed by atoms with Crippen molar-refractivity contribution in [3.8, 4) is 0 Å². The second-order valence-electron chi connectivity index (χ2n) is 4.68. The van der Waals surface area contributed by atoms with Gasteiger partial charge in [0.2, 0.25) is 0 Å². The lowest BCUT2D eigenvalue weighted by atomic mass is 10.2. The summed E-state index contributed by atoms with van der Waals surface area (Å²) in [5, 5.41) is 4.54. The molecule has 1 amide bonds. The molecule has 0 aliphatic heterocycles. The molecule has 3 rings (SSSR count). The molecule has 2 heterocycles. The van der Waals surface area contributed by atoms with E-state index in [0.717, 1.165) is 9.77 Å². The molecule has 0 unspecified atom stereocenters. The number of rotatable bonds is 5. The smallest absolute Gasteiger partial charge is 0.276 e. The van der Waals surface area contributed by atoms with Crippen LogP contribution in [0.5, 0.6) is 0 Å². The molecule has 0 aliphatic carbocycles. The summed E-state index contributed by atoms with van der Waals surface area (Å²) in [6.07, 6.45) is 3.31. The summed E-state index contributed by atoms with van der Waals surface area (Å²) in [5.41, 5.74) is 1.35. The molecule has 0 saturated carbocycles. The molecule has 0 fully saturated rings. The van der Waals surface area contributed by atoms with Gasteiger partial charge in [0.25, 0.3) is 5.91 Å². The summed E-state index contributed by atoms with van der Waals surface area (Å²) < 4.78 is 0.984. The van der Waals surface area contributed by atoms with E-state index in [1.54, 1.807) is 48.4 Å². The molecule has 1 aromatic carbocycles. The Hall–Kier alpha value is -1.60. The van der Waals surface area contributed by atoms with Gasteiger partial charge in [-0.1, -0.05) is 46.7 Å². The van der Waals surface area contributed by atoms with E-state index in [1.165, 1.54) is 11.3 Å². The maximum absolute atomic E-state index is 12.0. The number of benzene rings is 1. The quantitative estimate of drug-likeness (QED) is 0.588. The molecule has 3 aromatic rings. The lowest BCUT2D eigenvalue weighted by Gasteiger charge is -2.03. The third-order valence-electron chi connectivity index (χ3n) is 2.99. The van der Waals surface area contributed by atoms with Gasteiger partial charge in [0.15, 0.2) is 5.13 Å². The Balaban J connectivity index is 1.60. The normalized spacial score (nSPS) is 10.6. The van der Waals surface area contributed by atoms with E-state index in [2.05, 4.69) is 15.3 Å². The molecule has 4 nitrogen and oxygen atoms in total. The first-order valence-corrected chi connectivity index (χ1v) is 9.42. The van der Waals surface area contributed by atoms with Crippen LogP contribution >= 0.6 is 46.3 Å². The average molecular weight is 396 g/mol. The summed E-state index contributed by atoms with van der Waals surface area (Å²) in [5.74, 6) is 0.425. The van der Waals surface area contributed by atoms with Gasteiger partial charge in [0.05, 0.1) is 10.4 Å². The van der Waals surface area contributed by atoms with E-state index in [0.29, 0.717) is 26.6 Å². The zero-order valence-corrected chi connectivity index (χ0v) is 15.3. The molecule has 2 aromatic heterocycles. The van der Waals surface area contributed by atoms with Crippen molar-refractivity contribution in [2.75, 3.05) is 5.32 Å². The number of carbonyl (C=O) groups excluding carboxylic acids is 1. The number of nitrogens with one attached hydrogen (secondary N) is 1. The molecule has 0 saturated heterocycles. The number of halogens is 2. The van der Waals surface area contributed by atoms with Crippen LogP contribution in [-0.2, 0) is 5.75 Å². The van der Waals surface area contributed by atoms with Crippen LogP contribution in [0.4, 0.5) is 5.13 Å². The molecule has 24 heavy (non-hydrogen) atoms. The summed E-state index contributed by atoms with van der Waals surface area (Å²) in [6.45, 7) is 0. The van der Waals surface area contributed by atoms with Gasteiger partial charge in [-0.15, -0.1) is 11.8 Å². The third kappa shape index (κ3) is 4.48. The SMILES string of the molecule is O=C(Nc1ncc(SCc2ccc(Cl)cc2Cl)s1)c1ccccn1. The molecule has 0 spiro atoms. The van der Waals surface area contributed by atoms with Crippen molar-refractivity contribution in [1.29, 1.82) is 0 Å². The van der Waals surface area contributed by atoms with Crippen molar-refractivity contribution >= 4 is 57.3 Å². The predicted octanol–water partition coefficient (Wildman–Crippen LogP) is 5.39. The number of hydrogen-bond acceptors (Lipinski definition) is 5. The van der Waals surface area contributed by atoms with Gasteiger partial charge in [-0.05, 0) is 29.8 Å². The summed E-state index contributed by atoms with van der Waals surface area (Å²) >= 11 is 15.1. The number of anilines is 1. The molecule has 0 radical (unpaired) electrons. The highest BCUT2D eigenvalue weighted by Crippen LogP contribution is 2.33. The van der Waals surface area contributed by atoms with Crippen LogP contribution in [0.2, 0.25) is 10.0 Å². The van der Waals surface area contributed by atoms with E-state index < -0.39 is 0 Å². The van der Waals surface area contributed by atoms with Gasteiger partial charge >= 0.3 is 0 Å². The standard InChI is InChI=1S/C16H11Cl2N3OS2/c17-11-5-4-10(12(18)7-11)9-23-14-8-20-16(24-14)21-15(22)13-3-1-2-6-19-13/h1-8H,9H2,(H,20,21,22). The highest BCUT2D eigenvalue weighted by atomic mass is 35.5. The third-order valence-corrected chi connectivity index (χ3v) is 5.73. The van der Waals surface area contributed by atoms with Gasteiger partial charge in [-0.2, -0.15) is 0 Å². The predicted molar refractivity (Wildman–Crippen MR) is 100 cm³/mol. The van der Waals surface area contributed by atoms with E-state index in [-0.39, 0.29) is 5.91 Å². The monoisotopic (exact) mass is 395 g/mol. The maximum Gasteiger partial charge on any atom is 0.276 e. The molecule has 8 heteroatoms. The average Bonchev–Trinajstić information content (AvgIpc) is 3.02. The number of nitrogens with zero attached hydrogens (tertiary/aromatic N) is 2. The Bertz CT molecular complexity index is 856. The number of aromatic nitrogens is 2. The first-order valence-electron chi connectivity index (χ1n) is 6.87. The molecule has 122 valence electrons. The topological polar surface area (TPSA) is 54.9 Å². The minimum atomic E-state index is -0.276. The zero-order valence-electron chi connectivity index (χ0n) is 12.2. The fourth-order valence-electron chi connectivity index (χ4n) is 1.83. The van der Waals surface area contributed by atoms with Gasteiger partial charge in [0.1, 0.15) is 5.69 Å². The van der Waals surface area contributed by atoms with E-state index in [4.69, 9.17) is 23.2 Å². The molecular formula is C16H11Cl2N3OS2. The van der Waals surface area contributed by atoms with Crippen LogP contribution in [-0.4, -0.2) is 15.9 Å². The van der Waals surface area contributed by atoms with Gasteiger partial charge in [0, 0.05) is 22.0 Å². The van der Waals surface area contributed by atoms with Crippen LogP contribution in [0.1, 0.15) is 16.1 Å². The Morgan fingerprint density at radius 3 is 2.83 bits per heavy atom. The second-order valence-corrected chi connectivity index (χ2v) is 7.83. The zero-order chi connectivity index (χ0) is 16.9. The Morgan fingerprint density at radius 2 is 2.08 bits per heavy atom. The van der Waals surface area contributed by atoms with E-state index in [9.17, 15) is 4.79 Å². The second kappa shape index (κ2) is 7.98. The summed E-state index contributed by atoms with van der Waals surface area (Å²) in [7, 11) is 0. The van der Waals surface area contributed by atoms with Crippen LogP contribution in [0, 0.1) is 0 Å². The maximum atomic E-state index is 12.0. The van der Waals surface area contributed by atoms with Crippen molar-refractivity contribution < 1.29 is 4.79 Å². The van der Waals surface area contributed by atoms with Gasteiger partial charge < -0.3 is 0 Å². The van der Waals surface area contributed by atoms with Crippen LogP contribution < -0.4 is 5.32 Å². The number of thiazole rings is 1. The summed E-state index contributed by atoms with van der Waals surface area (Å²) in [6, 6.07) is 10.6. The van der Waals surface area contributed by atoms with E-state index in [1.807, 2.05) is 12.1 Å². The van der Waals surface area contributed by atoms with Crippen molar-refractivity contribution in [2.24, 2.45) is 0 Å². The molecule has 0 bridgehead atoms. The Kier molecular flexibility index (Phi) is 5.73. The summed E-state index contributed by atoms with van der Waals surface area (Å²) in [4.78, 5) is 20.3.